The fourth-order valence-corrected chi connectivity index (χ4v) is 3.69. The molecule has 0 spiro atoms. The van der Waals surface area contributed by atoms with Gasteiger partial charge in [0.1, 0.15) is 5.57 Å². The van der Waals surface area contributed by atoms with Crippen molar-refractivity contribution >= 4 is 41.2 Å². The standard InChI is InChI=1S/C18H20ClN3O3/c1-9-8-18(2,3)22(4)14-7-13(19)10(5-11(9)14)6-12-15(23)20-17(25)21-16(12)24/h5-7,9H,8H2,1-4H3,(H2,20,21,23,24,25). The molecule has 1 aromatic carbocycles. The number of hydrogen-bond acceptors (Lipinski definition) is 4. The number of anilines is 1. The van der Waals surface area contributed by atoms with Gasteiger partial charge in [0.15, 0.2) is 0 Å². The molecule has 2 N–H and O–H groups in total. The number of benzene rings is 1. The molecule has 1 fully saturated rings. The van der Waals surface area contributed by atoms with Gasteiger partial charge in [0.25, 0.3) is 11.8 Å². The van der Waals surface area contributed by atoms with E-state index >= 15 is 0 Å². The Morgan fingerprint density at radius 2 is 1.80 bits per heavy atom. The van der Waals surface area contributed by atoms with E-state index in [1.54, 1.807) is 0 Å². The molecule has 4 amide bonds. The fraction of sp³-hybridized carbons (Fsp3) is 0.389. The highest BCUT2D eigenvalue weighted by Gasteiger charge is 2.35. The van der Waals surface area contributed by atoms with Gasteiger partial charge in [0, 0.05) is 23.3 Å². The average Bonchev–Trinajstić information content (AvgIpc) is 2.49. The highest BCUT2D eigenvalue weighted by atomic mass is 35.5. The molecule has 0 bridgehead atoms. The first-order valence-corrected chi connectivity index (χ1v) is 8.43. The number of carbonyl (C=O) groups excluding carboxylic acids is 3. The van der Waals surface area contributed by atoms with Crippen LogP contribution in [0.2, 0.25) is 5.02 Å². The molecule has 25 heavy (non-hydrogen) atoms. The summed E-state index contributed by atoms with van der Waals surface area (Å²) in [7, 11) is 2.03. The van der Waals surface area contributed by atoms with E-state index in [2.05, 4.69) is 36.3 Å². The van der Waals surface area contributed by atoms with Crippen LogP contribution in [0.1, 0.15) is 44.2 Å². The molecule has 3 rings (SSSR count). The first-order chi connectivity index (χ1) is 11.6. The number of imide groups is 2. The van der Waals surface area contributed by atoms with Crippen LogP contribution in [-0.2, 0) is 9.59 Å². The topological polar surface area (TPSA) is 78.5 Å². The van der Waals surface area contributed by atoms with E-state index < -0.39 is 17.8 Å². The minimum atomic E-state index is -0.818. The summed E-state index contributed by atoms with van der Waals surface area (Å²) in [5.41, 5.74) is 2.61. The number of urea groups is 1. The maximum Gasteiger partial charge on any atom is 0.328 e. The van der Waals surface area contributed by atoms with E-state index in [0.29, 0.717) is 16.5 Å². The third kappa shape index (κ3) is 3.02. The summed E-state index contributed by atoms with van der Waals surface area (Å²) in [6, 6.07) is 2.96. The predicted molar refractivity (Wildman–Crippen MR) is 96.6 cm³/mol. The van der Waals surface area contributed by atoms with Crippen LogP contribution in [0.3, 0.4) is 0 Å². The molecule has 0 aromatic heterocycles. The van der Waals surface area contributed by atoms with Gasteiger partial charge in [-0.1, -0.05) is 18.5 Å². The van der Waals surface area contributed by atoms with Gasteiger partial charge in [-0.3, -0.25) is 20.2 Å². The van der Waals surface area contributed by atoms with E-state index in [-0.39, 0.29) is 11.1 Å². The summed E-state index contributed by atoms with van der Waals surface area (Å²) in [6.07, 6.45) is 2.40. The number of rotatable bonds is 1. The quantitative estimate of drug-likeness (QED) is 0.595. The predicted octanol–water partition coefficient (Wildman–Crippen LogP) is 2.81. The number of amides is 4. The van der Waals surface area contributed by atoms with Crippen LogP contribution in [0.4, 0.5) is 10.5 Å². The lowest BCUT2D eigenvalue weighted by molar-refractivity contribution is -0.123. The van der Waals surface area contributed by atoms with E-state index in [4.69, 9.17) is 11.6 Å². The lowest BCUT2D eigenvalue weighted by Gasteiger charge is -2.45. The van der Waals surface area contributed by atoms with Crippen LogP contribution in [0.25, 0.3) is 6.08 Å². The second-order valence-corrected chi connectivity index (χ2v) is 7.61. The Kier molecular flexibility index (Phi) is 4.11. The highest BCUT2D eigenvalue weighted by molar-refractivity contribution is 6.34. The van der Waals surface area contributed by atoms with Gasteiger partial charge in [0.2, 0.25) is 0 Å². The fourth-order valence-electron chi connectivity index (χ4n) is 3.48. The van der Waals surface area contributed by atoms with Gasteiger partial charge in [-0.05, 0) is 55.5 Å². The van der Waals surface area contributed by atoms with Crippen LogP contribution < -0.4 is 15.5 Å². The number of carbonyl (C=O) groups is 3. The SMILES string of the molecule is CC1CC(C)(C)N(C)c2cc(Cl)c(C=C3C(=O)NC(=O)NC3=O)cc21. The van der Waals surface area contributed by atoms with E-state index in [1.807, 2.05) is 19.2 Å². The Balaban J connectivity index is 2.07. The van der Waals surface area contributed by atoms with Crippen LogP contribution in [0.5, 0.6) is 0 Å². The van der Waals surface area contributed by atoms with Gasteiger partial charge in [-0.15, -0.1) is 0 Å². The van der Waals surface area contributed by atoms with Crippen molar-refractivity contribution in [2.75, 3.05) is 11.9 Å². The van der Waals surface area contributed by atoms with Crippen molar-refractivity contribution in [3.05, 3.63) is 33.9 Å². The maximum absolute atomic E-state index is 11.9. The van der Waals surface area contributed by atoms with Gasteiger partial charge in [0.05, 0.1) is 0 Å². The first-order valence-electron chi connectivity index (χ1n) is 8.06. The third-order valence-electron chi connectivity index (χ3n) is 5.00. The van der Waals surface area contributed by atoms with Crippen molar-refractivity contribution in [3.8, 4) is 0 Å². The number of barbiturate groups is 1. The number of halogens is 1. The second-order valence-electron chi connectivity index (χ2n) is 7.20. The van der Waals surface area contributed by atoms with E-state index in [0.717, 1.165) is 17.7 Å². The van der Waals surface area contributed by atoms with Crippen molar-refractivity contribution in [1.29, 1.82) is 0 Å². The van der Waals surface area contributed by atoms with Crippen molar-refractivity contribution in [2.24, 2.45) is 0 Å². The summed E-state index contributed by atoms with van der Waals surface area (Å²) in [4.78, 5) is 37.2. The van der Waals surface area contributed by atoms with Gasteiger partial charge < -0.3 is 4.90 Å². The number of nitrogens with zero attached hydrogens (tertiary/aromatic N) is 1. The second kappa shape index (κ2) is 5.88. The Hall–Kier alpha value is -2.34. The van der Waals surface area contributed by atoms with Crippen LogP contribution in [-0.4, -0.2) is 30.4 Å². The molecule has 0 radical (unpaired) electrons. The van der Waals surface area contributed by atoms with Crippen molar-refractivity contribution in [2.45, 2.75) is 38.6 Å². The molecule has 6 nitrogen and oxygen atoms in total. The summed E-state index contributed by atoms with van der Waals surface area (Å²) in [6.45, 7) is 6.52. The molecule has 2 heterocycles. The summed E-state index contributed by atoms with van der Waals surface area (Å²) in [5, 5.41) is 4.56. The lowest BCUT2D eigenvalue weighted by Crippen LogP contribution is -2.51. The smallest absolute Gasteiger partial charge is 0.328 e. The van der Waals surface area contributed by atoms with E-state index in [9.17, 15) is 14.4 Å². The molecule has 1 unspecified atom stereocenters. The molecule has 2 aliphatic heterocycles. The van der Waals surface area contributed by atoms with E-state index in [1.165, 1.54) is 6.08 Å². The number of fused-ring (bicyclic) bond motifs is 1. The lowest BCUT2D eigenvalue weighted by atomic mass is 9.80. The monoisotopic (exact) mass is 361 g/mol. The van der Waals surface area contributed by atoms with Crippen molar-refractivity contribution < 1.29 is 14.4 Å². The minimum Gasteiger partial charge on any atom is -0.369 e. The summed E-state index contributed by atoms with van der Waals surface area (Å²) in [5.74, 6) is -1.14. The van der Waals surface area contributed by atoms with Crippen LogP contribution >= 0.6 is 11.6 Å². The Morgan fingerprint density at radius 3 is 2.40 bits per heavy atom. The third-order valence-corrected chi connectivity index (χ3v) is 5.32. The van der Waals surface area contributed by atoms with Gasteiger partial charge in [-0.2, -0.15) is 0 Å². The maximum atomic E-state index is 11.9. The normalized spacial score (nSPS) is 22.3. The minimum absolute atomic E-state index is 0.0131. The molecular formula is C18H20ClN3O3. The zero-order valence-corrected chi connectivity index (χ0v) is 15.3. The molecule has 0 aliphatic carbocycles. The summed E-state index contributed by atoms with van der Waals surface area (Å²) < 4.78 is 0. The molecular weight excluding hydrogens is 342 g/mol. The Bertz CT molecular complexity index is 807. The van der Waals surface area contributed by atoms with Crippen LogP contribution in [0.15, 0.2) is 17.7 Å². The van der Waals surface area contributed by atoms with Crippen LogP contribution in [0, 0.1) is 0 Å². The van der Waals surface area contributed by atoms with Crippen molar-refractivity contribution in [1.82, 2.24) is 10.6 Å². The average molecular weight is 362 g/mol. The molecule has 0 saturated carbocycles. The number of nitrogens with one attached hydrogen (secondary N) is 2. The molecule has 1 saturated heterocycles. The van der Waals surface area contributed by atoms with Gasteiger partial charge in [-0.25, -0.2) is 4.79 Å². The molecule has 132 valence electrons. The molecule has 7 heteroatoms. The first kappa shape index (κ1) is 17.5. The largest absolute Gasteiger partial charge is 0.369 e. The van der Waals surface area contributed by atoms with Crippen molar-refractivity contribution in [3.63, 3.8) is 0 Å². The zero-order valence-electron chi connectivity index (χ0n) is 14.6. The zero-order chi connectivity index (χ0) is 18.5. The molecule has 2 aliphatic rings. The number of hydrogen-bond donors (Lipinski definition) is 2. The van der Waals surface area contributed by atoms with Gasteiger partial charge >= 0.3 is 6.03 Å². The Labute approximate surface area is 151 Å². The Morgan fingerprint density at radius 1 is 1.20 bits per heavy atom. The highest BCUT2D eigenvalue weighted by Crippen LogP contribution is 2.44. The molecule has 1 atom stereocenters. The molecule has 1 aromatic rings. The summed E-state index contributed by atoms with van der Waals surface area (Å²) >= 11 is 6.41.